The average molecular weight is 271 g/mol. The third kappa shape index (κ3) is 2.42. The van der Waals surface area contributed by atoms with E-state index < -0.39 is 22.4 Å². The quantitative estimate of drug-likeness (QED) is 0.622. The van der Waals surface area contributed by atoms with Gasteiger partial charge in [0.1, 0.15) is 5.82 Å². The van der Waals surface area contributed by atoms with Crippen molar-refractivity contribution < 1.29 is 18.1 Å². The highest BCUT2D eigenvalue weighted by Gasteiger charge is 2.35. The molecule has 1 heterocycles. The zero-order chi connectivity index (χ0) is 14.2. The molecule has 0 radical (unpaired) electrons. The summed E-state index contributed by atoms with van der Waals surface area (Å²) in [5, 5.41) is 10.6. The SMILES string of the molecule is Cc1nccn1-c1ccc([N+](=O)[O-])cc1C(F)(F)F. The highest BCUT2D eigenvalue weighted by atomic mass is 19.4. The second kappa shape index (κ2) is 4.38. The van der Waals surface area contributed by atoms with E-state index in [0.29, 0.717) is 11.9 Å². The van der Waals surface area contributed by atoms with E-state index in [1.165, 1.54) is 17.0 Å². The molecule has 0 atom stereocenters. The highest BCUT2D eigenvalue weighted by molar-refractivity contribution is 5.50. The van der Waals surface area contributed by atoms with Gasteiger partial charge < -0.3 is 4.57 Å². The number of non-ortho nitro benzene ring substituents is 1. The smallest absolute Gasteiger partial charge is 0.303 e. The molecule has 5 nitrogen and oxygen atoms in total. The minimum Gasteiger partial charge on any atom is -0.303 e. The summed E-state index contributed by atoms with van der Waals surface area (Å²) in [6.45, 7) is 1.54. The molecule has 0 bridgehead atoms. The number of nitro groups is 1. The van der Waals surface area contributed by atoms with Crippen LogP contribution in [0.15, 0.2) is 30.6 Å². The summed E-state index contributed by atoms with van der Waals surface area (Å²) in [4.78, 5) is 13.5. The van der Waals surface area contributed by atoms with Crippen molar-refractivity contribution in [3.8, 4) is 5.69 Å². The van der Waals surface area contributed by atoms with Gasteiger partial charge >= 0.3 is 6.18 Å². The van der Waals surface area contributed by atoms with Crippen LogP contribution in [0, 0.1) is 17.0 Å². The number of nitrogens with zero attached hydrogens (tertiary/aromatic N) is 3. The fourth-order valence-corrected chi connectivity index (χ4v) is 1.71. The van der Waals surface area contributed by atoms with Crippen LogP contribution in [0.25, 0.3) is 5.69 Å². The summed E-state index contributed by atoms with van der Waals surface area (Å²) in [6, 6.07) is 2.62. The number of aryl methyl sites for hydroxylation is 1. The molecule has 0 unspecified atom stereocenters. The first kappa shape index (κ1) is 13.1. The second-order valence-electron chi connectivity index (χ2n) is 3.80. The Morgan fingerprint density at radius 2 is 2.05 bits per heavy atom. The van der Waals surface area contributed by atoms with Crippen molar-refractivity contribution in [2.75, 3.05) is 0 Å². The molecule has 0 fully saturated rings. The minimum absolute atomic E-state index is 0.187. The predicted octanol–water partition coefficient (Wildman–Crippen LogP) is 3.11. The molecular weight excluding hydrogens is 263 g/mol. The van der Waals surface area contributed by atoms with E-state index in [-0.39, 0.29) is 5.69 Å². The first-order valence-corrected chi connectivity index (χ1v) is 5.16. The first-order chi connectivity index (χ1) is 8.80. The summed E-state index contributed by atoms with van der Waals surface area (Å²) in [6.07, 6.45) is -1.96. The van der Waals surface area contributed by atoms with Gasteiger partial charge in [-0.25, -0.2) is 4.98 Å². The molecule has 2 rings (SSSR count). The molecule has 0 saturated heterocycles. The molecule has 0 amide bonds. The van der Waals surface area contributed by atoms with Crippen molar-refractivity contribution in [2.24, 2.45) is 0 Å². The van der Waals surface area contributed by atoms with Crippen molar-refractivity contribution in [3.05, 3.63) is 52.1 Å². The van der Waals surface area contributed by atoms with E-state index in [9.17, 15) is 23.3 Å². The van der Waals surface area contributed by atoms with Crippen LogP contribution in [0.4, 0.5) is 18.9 Å². The lowest BCUT2D eigenvalue weighted by atomic mass is 10.1. The summed E-state index contributed by atoms with van der Waals surface area (Å²) in [5.41, 5.74) is -1.86. The van der Waals surface area contributed by atoms with Gasteiger partial charge in [0.25, 0.3) is 5.69 Å². The Bertz CT molecular complexity index is 634. The van der Waals surface area contributed by atoms with Crippen LogP contribution in [-0.2, 0) is 6.18 Å². The summed E-state index contributed by atoms with van der Waals surface area (Å²) < 4.78 is 40.1. The topological polar surface area (TPSA) is 61.0 Å². The van der Waals surface area contributed by atoms with Gasteiger partial charge in [0.2, 0.25) is 0 Å². The van der Waals surface area contributed by atoms with Crippen LogP contribution in [0.5, 0.6) is 0 Å². The van der Waals surface area contributed by atoms with Crippen molar-refractivity contribution >= 4 is 5.69 Å². The minimum atomic E-state index is -4.68. The zero-order valence-corrected chi connectivity index (χ0v) is 9.68. The Kier molecular flexibility index (Phi) is 3.01. The molecule has 100 valence electrons. The number of halogens is 3. The standard InChI is InChI=1S/C11H8F3N3O2/c1-7-15-4-5-16(7)10-3-2-8(17(18)19)6-9(10)11(12,13)14/h2-6H,1H3. The molecule has 1 aromatic carbocycles. The molecule has 19 heavy (non-hydrogen) atoms. The van der Waals surface area contributed by atoms with Crippen LogP contribution in [-0.4, -0.2) is 14.5 Å². The highest BCUT2D eigenvalue weighted by Crippen LogP contribution is 2.36. The lowest BCUT2D eigenvalue weighted by Gasteiger charge is -2.14. The van der Waals surface area contributed by atoms with Gasteiger partial charge in [0, 0.05) is 24.5 Å². The fourth-order valence-electron chi connectivity index (χ4n) is 1.71. The Hall–Kier alpha value is -2.38. The molecule has 8 heteroatoms. The molecular formula is C11H8F3N3O2. The fraction of sp³-hybridized carbons (Fsp3) is 0.182. The van der Waals surface area contributed by atoms with Gasteiger partial charge in [0.05, 0.1) is 16.2 Å². The Morgan fingerprint density at radius 1 is 1.37 bits per heavy atom. The first-order valence-electron chi connectivity index (χ1n) is 5.16. The number of rotatable bonds is 2. The third-order valence-electron chi connectivity index (χ3n) is 2.58. The average Bonchev–Trinajstić information content (AvgIpc) is 2.73. The number of hydrogen-bond acceptors (Lipinski definition) is 3. The maximum Gasteiger partial charge on any atom is 0.418 e. The van der Waals surface area contributed by atoms with E-state index >= 15 is 0 Å². The van der Waals surface area contributed by atoms with Crippen molar-refractivity contribution in [1.82, 2.24) is 9.55 Å². The van der Waals surface area contributed by atoms with Gasteiger partial charge in [-0.15, -0.1) is 0 Å². The Balaban J connectivity index is 2.68. The Morgan fingerprint density at radius 3 is 2.53 bits per heavy atom. The molecule has 0 aliphatic heterocycles. The Labute approximate surface area is 105 Å². The molecule has 0 aliphatic carbocycles. The normalized spacial score (nSPS) is 11.6. The number of alkyl halides is 3. The van der Waals surface area contributed by atoms with Crippen LogP contribution >= 0.6 is 0 Å². The van der Waals surface area contributed by atoms with Crippen molar-refractivity contribution in [3.63, 3.8) is 0 Å². The lowest BCUT2D eigenvalue weighted by Crippen LogP contribution is -2.11. The van der Waals surface area contributed by atoms with Crippen LogP contribution in [0.2, 0.25) is 0 Å². The maximum absolute atomic E-state index is 13.0. The largest absolute Gasteiger partial charge is 0.418 e. The van der Waals surface area contributed by atoms with E-state index in [1.54, 1.807) is 6.92 Å². The van der Waals surface area contributed by atoms with Gasteiger partial charge in [0.15, 0.2) is 0 Å². The predicted molar refractivity (Wildman–Crippen MR) is 60.0 cm³/mol. The van der Waals surface area contributed by atoms with Crippen LogP contribution in [0.1, 0.15) is 11.4 Å². The van der Waals surface area contributed by atoms with Gasteiger partial charge in [-0.05, 0) is 13.0 Å². The molecule has 0 N–H and O–H groups in total. The van der Waals surface area contributed by atoms with E-state index in [1.807, 2.05) is 0 Å². The number of hydrogen-bond donors (Lipinski definition) is 0. The summed E-state index contributed by atoms with van der Waals surface area (Å²) in [5.74, 6) is 0.361. The summed E-state index contributed by atoms with van der Waals surface area (Å²) >= 11 is 0. The monoisotopic (exact) mass is 271 g/mol. The third-order valence-corrected chi connectivity index (χ3v) is 2.58. The number of aromatic nitrogens is 2. The summed E-state index contributed by atoms with van der Waals surface area (Å²) in [7, 11) is 0. The van der Waals surface area contributed by atoms with Crippen molar-refractivity contribution in [2.45, 2.75) is 13.1 Å². The zero-order valence-electron chi connectivity index (χ0n) is 9.68. The molecule has 0 saturated carbocycles. The number of nitro benzene ring substituents is 1. The molecule has 1 aromatic heterocycles. The second-order valence-corrected chi connectivity index (χ2v) is 3.80. The molecule has 0 aliphatic rings. The molecule has 0 spiro atoms. The van der Waals surface area contributed by atoms with E-state index in [2.05, 4.69) is 4.98 Å². The van der Waals surface area contributed by atoms with Crippen LogP contribution < -0.4 is 0 Å². The van der Waals surface area contributed by atoms with Crippen molar-refractivity contribution in [1.29, 1.82) is 0 Å². The van der Waals surface area contributed by atoms with Gasteiger partial charge in [-0.1, -0.05) is 0 Å². The van der Waals surface area contributed by atoms with Crippen LogP contribution in [0.3, 0.4) is 0 Å². The number of benzene rings is 1. The molecule has 2 aromatic rings. The maximum atomic E-state index is 13.0. The van der Waals surface area contributed by atoms with Gasteiger partial charge in [-0.3, -0.25) is 10.1 Å². The van der Waals surface area contributed by atoms with E-state index in [4.69, 9.17) is 0 Å². The number of imidazole rings is 1. The van der Waals surface area contributed by atoms with Gasteiger partial charge in [-0.2, -0.15) is 13.2 Å². The van der Waals surface area contributed by atoms with E-state index in [0.717, 1.165) is 12.1 Å². The lowest BCUT2D eigenvalue weighted by molar-refractivity contribution is -0.385.